The second kappa shape index (κ2) is 17.2. The smallest absolute Gasteiger partial charge is 0.328 e. The zero-order valence-corrected chi connectivity index (χ0v) is 36.9. The van der Waals surface area contributed by atoms with Gasteiger partial charge in [-0.15, -0.1) is 11.3 Å². The fourth-order valence-electron chi connectivity index (χ4n) is 9.71. The number of rotatable bonds is 10. The van der Waals surface area contributed by atoms with Gasteiger partial charge in [-0.05, 0) is 79.3 Å². The molecule has 1 atom stereocenters. The molecule has 0 bridgehead atoms. The number of benzene rings is 3. The van der Waals surface area contributed by atoms with Gasteiger partial charge in [-0.1, -0.05) is 23.7 Å². The van der Waals surface area contributed by atoms with Crippen molar-refractivity contribution in [2.45, 2.75) is 63.3 Å². The lowest BCUT2D eigenvalue weighted by Gasteiger charge is -2.41. The number of aliphatic hydroxyl groups is 1. The number of nitrogens with one attached hydrogen (secondary N) is 2. The minimum absolute atomic E-state index is 0.0223. The summed E-state index contributed by atoms with van der Waals surface area (Å²) in [4.78, 5) is 83.1. The van der Waals surface area contributed by atoms with Gasteiger partial charge in [0.2, 0.25) is 11.8 Å². The number of aryl methyl sites for hydroxylation is 1. The Morgan fingerprint density at radius 3 is 2.38 bits per heavy atom. The van der Waals surface area contributed by atoms with Gasteiger partial charge in [-0.2, -0.15) is 0 Å². The number of imide groups is 1. The molecule has 3 aromatic carbocycles. The molecule has 10 rings (SSSR count). The van der Waals surface area contributed by atoms with E-state index in [4.69, 9.17) is 11.6 Å². The van der Waals surface area contributed by atoms with Crippen LogP contribution in [0.2, 0.25) is 5.02 Å². The maximum atomic E-state index is 16.0. The summed E-state index contributed by atoms with van der Waals surface area (Å²) < 4.78 is 18.0. The number of fused-ring (bicyclic) bond motifs is 2. The molecule has 0 aliphatic carbocycles. The van der Waals surface area contributed by atoms with Crippen LogP contribution in [0.3, 0.4) is 0 Å². The van der Waals surface area contributed by atoms with Crippen LogP contribution in [-0.2, 0) is 33.9 Å². The summed E-state index contributed by atoms with van der Waals surface area (Å²) in [5.74, 6) is -1.82. The van der Waals surface area contributed by atoms with Crippen molar-refractivity contribution in [2.24, 2.45) is 0 Å². The van der Waals surface area contributed by atoms with E-state index >= 15 is 4.39 Å². The third kappa shape index (κ3) is 8.30. The highest BCUT2D eigenvalue weighted by molar-refractivity contribution is 7.13. The number of thiazole rings is 1. The minimum Gasteiger partial charge on any atom is -0.389 e. The van der Waals surface area contributed by atoms with Crippen molar-refractivity contribution >= 4 is 74.8 Å². The Bertz CT molecular complexity index is 2700. The van der Waals surface area contributed by atoms with E-state index in [9.17, 15) is 29.1 Å². The van der Waals surface area contributed by atoms with Crippen molar-refractivity contribution in [3.05, 3.63) is 106 Å². The van der Waals surface area contributed by atoms with E-state index in [-0.39, 0.29) is 48.9 Å². The molecule has 7 heterocycles. The lowest BCUT2D eigenvalue weighted by atomic mass is 9.87. The van der Waals surface area contributed by atoms with Gasteiger partial charge in [0.1, 0.15) is 5.82 Å². The van der Waals surface area contributed by atoms with Gasteiger partial charge in [0.05, 0.1) is 41.3 Å². The molecule has 2 aromatic heterocycles. The van der Waals surface area contributed by atoms with Gasteiger partial charge in [-0.3, -0.25) is 34.7 Å². The van der Waals surface area contributed by atoms with Crippen LogP contribution in [-0.4, -0.2) is 111 Å². The largest absolute Gasteiger partial charge is 0.389 e. The Labute approximate surface area is 382 Å². The van der Waals surface area contributed by atoms with Crippen LogP contribution in [0.25, 0.3) is 11.1 Å². The van der Waals surface area contributed by atoms with Gasteiger partial charge in [0.15, 0.2) is 11.2 Å². The molecule has 65 heavy (non-hydrogen) atoms. The molecule has 1 unspecified atom stereocenters. The topological polar surface area (TPSA) is 177 Å². The first-order valence-corrected chi connectivity index (χ1v) is 23.1. The molecule has 3 fully saturated rings. The first-order chi connectivity index (χ1) is 31.4. The van der Waals surface area contributed by atoms with Crippen molar-refractivity contribution in [3.63, 3.8) is 0 Å². The Hall–Kier alpha value is -6.37. The average molecular weight is 921 g/mol. The predicted octanol–water partition coefficient (Wildman–Crippen LogP) is 5.60. The lowest BCUT2D eigenvalue weighted by molar-refractivity contribution is -0.137. The van der Waals surface area contributed by atoms with Crippen molar-refractivity contribution in [3.8, 4) is 11.1 Å². The number of urea groups is 1. The molecule has 3 saturated heterocycles. The number of aromatic nitrogens is 3. The van der Waals surface area contributed by atoms with Crippen LogP contribution in [0, 0.1) is 5.82 Å². The summed E-state index contributed by atoms with van der Waals surface area (Å²) >= 11 is 7.93. The maximum Gasteiger partial charge on any atom is 0.328 e. The van der Waals surface area contributed by atoms with E-state index in [1.54, 1.807) is 41.0 Å². The number of carbonyl (C=O) groups is 5. The monoisotopic (exact) mass is 920 g/mol. The molecule has 5 aliphatic heterocycles. The van der Waals surface area contributed by atoms with E-state index in [1.807, 2.05) is 34.9 Å². The number of amides is 6. The summed E-state index contributed by atoms with van der Waals surface area (Å²) in [7, 11) is 0. The minimum atomic E-state index is -1.15. The van der Waals surface area contributed by atoms with Gasteiger partial charge >= 0.3 is 6.03 Å². The summed E-state index contributed by atoms with van der Waals surface area (Å²) in [6, 6.07) is 14.6. The van der Waals surface area contributed by atoms with E-state index in [0.717, 1.165) is 42.0 Å². The molecule has 16 nitrogen and oxygen atoms in total. The number of piperidine rings is 1. The number of piperazine rings is 1. The summed E-state index contributed by atoms with van der Waals surface area (Å²) in [5, 5.41) is 19.3. The molecule has 336 valence electrons. The zero-order chi connectivity index (χ0) is 45.0. The quantitative estimate of drug-likeness (QED) is 0.160. The van der Waals surface area contributed by atoms with E-state index in [0.29, 0.717) is 79.2 Å². The molecular formula is C46H46ClFN10O6S. The first-order valence-electron chi connectivity index (χ1n) is 21.8. The molecule has 5 aromatic rings. The summed E-state index contributed by atoms with van der Waals surface area (Å²) in [6.07, 6.45) is 5.93. The highest BCUT2D eigenvalue weighted by Crippen LogP contribution is 2.39. The van der Waals surface area contributed by atoms with Crippen molar-refractivity contribution < 1.29 is 33.5 Å². The molecule has 6 amide bonds. The number of hydrogen-bond acceptors (Lipinski definition) is 11. The van der Waals surface area contributed by atoms with E-state index in [2.05, 4.69) is 30.4 Å². The molecule has 3 N–H and O–H groups in total. The Kier molecular flexibility index (Phi) is 11.3. The van der Waals surface area contributed by atoms with Crippen LogP contribution >= 0.6 is 22.9 Å². The van der Waals surface area contributed by atoms with Crippen LogP contribution < -0.4 is 25.3 Å². The third-order valence-corrected chi connectivity index (χ3v) is 14.3. The fraction of sp³-hybridized carbons (Fsp3) is 0.370. The Balaban J connectivity index is 0.744. The number of halogens is 2. The Morgan fingerprint density at radius 2 is 1.66 bits per heavy atom. The average Bonchev–Trinajstić information content (AvgIpc) is 4.12. The van der Waals surface area contributed by atoms with Crippen LogP contribution in [0.4, 0.5) is 31.4 Å². The van der Waals surface area contributed by atoms with Gasteiger partial charge in [0.25, 0.3) is 11.8 Å². The highest BCUT2D eigenvalue weighted by Gasteiger charge is 2.42. The maximum absolute atomic E-state index is 16.0. The molecule has 19 heteroatoms. The van der Waals surface area contributed by atoms with Crippen LogP contribution in [0.1, 0.15) is 65.5 Å². The fourth-order valence-corrected chi connectivity index (χ4v) is 10.5. The highest BCUT2D eigenvalue weighted by atomic mass is 35.5. The number of hydrogen-bond donors (Lipinski definition) is 3. The number of imidazole rings is 1. The van der Waals surface area contributed by atoms with Gasteiger partial charge in [0, 0.05) is 98.6 Å². The molecule has 0 spiro atoms. The number of carbonyl (C=O) groups excluding carboxylic acids is 5. The van der Waals surface area contributed by atoms with Crippen molar-refractivity contribution in [1.29, 1.82) is 0 Å². The normalized spacial score (nSPS) is 18.8. The van der Waals surface area contributed by atoms with Crippen molar-refractivity contribution in [2.75, 3.05) is 65.8 Å². The zero-order valence-electron chi connectivity index (χ0n) is 35.3. The van der Waals surface area contributed by atoms with Crippen molar-refractivity contribution in [1.82, 2.24) is 29.7 Å². The number of anilines is 4. The Morgan fingerprint density at radius 1 is 0.892 bits per heavy atom. The molecule has 5 aliphatic rings. The van der Waals surface area contributed by atoms with Gasteiger partial charge < -0.3 is 29.3 Å². The van der Waals surface area contributed by atoms with Crippen LogP contribution in [0.5, 0.6) is 0 Å². The molecular weight excluding hydrogens is 875 g/mol. The number of nitrogens with zero attached hydrogens (tertiary/aromatic N) is 8. The standard InChI is InChI=1S/C46H46ClFN10O6S/c47-34-24-31(57-14-9-38(59)51-45(57)63)7-8-36(34)54-15-10-46(64,11-16-54)25-39(60)55-19-17-53(18-20-55)30-5-3-28(4-6-30)29-22-32-33(35(48)23-29)26-58(43(32)62)41(42(61)52-44-49-12-21-65-44)40-37-2-1-13-56(37)27-50-40/h3-8,12,21-24,27,41,64H,1-2,9-11,13-20,25-26H2,(H,49,52,61)(H,51,59,63). The second-order valence-corrected chi connectivity index (χ2v) is 18.5. The third-order valence-electron chi connectivity index (χ3n) is 13.3. The lowest BCUT2D eigenvalue weighted by Crippen LogP contribution is -2.52. The van der Waals surface area contributed by atoms with Crippen LogP contribution in [0.15, 0.2) is 72.5 Å². The second-order valence-electron chi connectivity index (χ2n) is 17.2. The summed E-state index contributed by atoms with van der Waals surface area (Å²) in [6.45, 7) is 4.15. The van der Waals surface area contributed by atoms with Gasteiger partial charge in [-0.25, -0.2) is 19.2 Å². The SMILES string of the molecule is O=C1CCN(c2ccc(N3CCC(O)(CC(=O)N4CCN(c5ccc(-c6cc(F)c7c(c6)C(=O)N(C(C(=O)Nc6nccs6)c6ncn8c6CCC8)C7)cc5)CC4)CC3)c(Cl)c2)C(=O)N1. The molecule has 0 radical (unpaired) electrons. The first kappa shape index (κ1) is 42.6. The van der Waals surface area contributed by atoms with E-state index < -0.39 is 35.3 Å². The predicted molar refractivity (Wildman–Crippen MR) is 243 cm³/mol. The van der Waals surface area contributed by atoms with E-state index in [1.165, 1.54) is 27.2 Å². The summed E-state index contributed by atoms with van der Waals surface area (Å²) in [5.41, 5.74) is 4.27. The molecule has 0 saturated carbocycles.